The molecule has 264 valence electrons. The van der Waals surface area contributed by atoms with Gasteiger partial charge >= 0.3 is 12.2 Å². The van der Waals surface area contributed by atoms with Gasteiger partial charge in [-0.25, -0.2) is 4.79 Å². The molecule has 0 saturated carbocycles. The Morgan fingerprint density at radius 2 is 1.47 bits per heavy atom. The van der Waals surface area contributed by atoms with Crippen molar-refractivity contribution in [2.45, 2.75) is 65.0 Å². The van der Waals surface area contributed by atoms with Gasteiger partial charge in [0.1, 0.15) is 17.6 Å². The predicted octanol–water partition coefficient (Wildman–Crippen LogP) is 8.81. The Labute approximate surface area is 297 Å². The second-order valence-corrected chi connectivity index (χ2v) is 13.9. The molecule has 2 atom stereocenters. The molecular weight excluding hydrogens is 674 g/mol. The third kappa shape index (κ3) is 8.53. The van der Waals surface area contributed by atoms with E-state index in [4.69, 9.17) is 32.9 Å². The number of amidine groups is 1. The predicted molar refractivity (Wildman–Crippen MR) is 190 cm³/mol. The van der Waals surface area contributed by atoms with Crippen LogP contribution in [-0.4, -0.2) is 89.4 Å². The number of benzene rings is 3. The highest BCUT2D eigenvalue weighted by molar-refractivity contribution is 6.30. The van der Waals surface area contributed by atoms with E-state index in [9.17, 15) is 18.0 Å². The summed E-state index contributed by atoms with van der Waals surface area (Å²) in [6, 6.07) is 17.2. The number of piperazine rings is 1. The summed E-state index contributed by atoms with van der Waals surface area (Å²) in [5, 5.41) is 1.08. The van der Waals surface area contributed by atoms with Crippen molar-refractivity contribution in [1.29, 1.82) is 0 Å². The molecule has 1 saturated heterocycles. The summed E-state index contributed by atoms with van der Waals surface area (Å²) in [6.45, 7) is 14.9. The molecule has 7 nitrogen and oxygen atoms in total. The van der Waals surface area contributed by atoms with Crippen molar-refractivity contribution in [3.05, 3.63) is 99.0 Å². The van der Waals surface area contributed by atoms with E-state index in [1.165, 1.54) is 6.07 Å². The second kappa shape index (κ2) is 15.7. The average Bonchev–Trinajstić information content (AvgIpc) is 3.45. The van der Waals surface area contributed by atoms with Crippen LogP contribution < -0.4 is 4.74 Å². The molecule has 5 rings (SSSR count). The number of hydrogen-bond acceptors (Lipinski definition) is 5. The van der Waals surface area contributed by atoms with E-state index in [2.05, 4.69) is 37.5 Å². The monoisotopic (exact) mass is 717 g/mol. The average molecular weight is 719 g/mol. The normalized spacial score (nSPS) is 18.9. The Kier molecular flexibility index (Phi) is 11.8. The zero-order valence-corrected chi connectivity index (χ0v) is 30.1. The minimum Gasteiger partial charge on any atom is -0.493 e. The van der Waals surface area contributed by atoms with Crippen LogP contribution in [0.15, 0.2) is 71.7 Å². The van der Waals surface area contributed by atoms with Crippen molar-refractivity contribution in [2.24, 2.45) is 4.99 Å². The molecule has 1 fully saturated rings. The minimum absolute atomic E-state index is 0.00478. The highest BCUT2D eigenvalue weighted by Gasteiger charge is 2.45. The van der Waals surface area contributed by atoms with Crippen LogP contribution in [-0.2, 0) is 6.18 Å². The molecule has 12 heteroatoms. The third-order valence-electron chi connectivity index (χ3n) is 9.19. The topological polar surface area (TPSA) is 51.6 Å². The van der Waals surface area contributed by atoms with Gasteiger partial charge in [0.2, 0.25) is 0 Å². The molecule has 0 spiro atoms. The van der Waals surface area contributed by atoms with Crippen molar-refractivity contribution in [1.82, 2.24) is 19.6 Å². The molecule has 0 bridgehead atoms. The number of carbonyl (C=O) groups excluding carboxylic acids is 1. The number of amides is 2. The van der Waals surface area contributed by atoms with Gasteiger partial charge in [-0.3, -0.25) is 19.7 Å². The maximum absolute atomic E-state index is 14.8. The number of urea groups is 1. The van der Waals surface area contributed by atoms with Gasteiger partial charge in [-0.2, -0.15) is 13.2 Å². The van der Waals surface area contributed by atoms with Gasteiger partial charge in [-0.15, -0.1) is 0 Å². The lowest BCUT2D eigenvalue weighted by Crippen LogP contribution is -2.55. The molecule has 2 aliphatic heterocycles. The quantitative estimate of drug-likeness (QED) is 0.210. The standard InChI is InChI=1S/C37H44Cl2F3N5O2/c1-6-49-32-23-28(37(40,41)42)11-16-31(32)35-43-33(26-7-12-29(38)13-8-26)34(27-9-14-30(39)15-10-27)47(35)36(48)45-20-17-44(18-21-45)19-22-46(24(2)3)25(4)5/h7-16,23-25,33-34H,6,17-22H2,1-5H3. The molecular formula is C37H44Cl2F3N5O2. The molecule has 0 aromatic heterocycles. The zero-order valence-electron chi connectivity index (χ0n) is 28.6. The minimum atomic E-state index is -4.57. The first-order valence-electron chi connectivity index (χ1n) is 16.8. The second-order valence-electron chi connectivity index (χ2n) is 13.0. The van der Waals surface area contributed by atoms with Crippen LogP contribution in [0.2, 0.25) is 10.0 Å². The lowest BCUT2D eigenvalue weighted by atomic mass is 9.93. The maximum atomic E-state index is 14.8. The summed E-state index contributed by atoms with van der Waals surface area (Å²) in [5.74, 6) is 0.249. The summed E-state index contributed by atoms with van der Waals surface area (Å²) >= 11 is 12.5. The lowest BCUT2D eigenvalue weighted by Gasteiger charge is -2.40. The lowest BCUT2D eigenvalue weighted by molar-refractivity contribution is -0.137. The number of rotatable bonds is 10. The summed E-state index contributed by atoms with van der Waals surface area (Å²) in [5.41, 5.74) is 1.04. The number of aliphatic imine (C=N–C) groups is 1. The van der Waals surface area contributed by atoms with Crippen molar-refractivity contribution in [3.8, 4) is 5.75 Å². The van der Waals surface area contributed by atoms with E-state index in [1.54, 1.807) is 36.1 Å². The van der Waals surface area contributed by atoms with Gasteiger partial charge in [0.15, 0.2) is 0 Å². The van der Waals surface area contributed by atoms with Crippen LogP contribution in [0.5, 0.6) is 5.75 Å². The number of ether oxygens (including phenoxy) is 1. The number of alkyl halides is 3. The summed E-state index contributed by atoms with van der Waals surface area (Å²) < 4.78 is 47.3. The van der Waals surface area contributed by atoms with E-state index in [-0.39, 0.29) is 24.2 Å². The van der Waals surface area contributed by atoms with Gasteiger partial charge in [0, 0.05) is 61.4 Å². The molecule has 2 unspecified atom stereocenters. The van der Waals surface area contributed by atoms with Crippen LogP contribution in [0.3, 0.4) is 0 Å². The molecule has 0 aliphatic carbocycles. The number of halogens is 5. The van der Waals surface area contributed by atoms with Crippen LogP contribution >= 0.6 is 23.2 Å². The Hall–Kier alpha value is -3.31. The molecule has 0 N–H and O–H groups in total. The first-order chi connectivity index (χ1) is 23.3. The van der Waals surface area contributed by atoms with Crippen molar-refractivity contribution >= 4 is 35.1 Å². The maximum Gasteiger partial charge on any atom is 0.416 e. The fraction of sp³-hybridized carbons (Fsp3) is 0.459. The Balaban J connectivity index is 1.54. The number of carbonyl (C=O) groups is 1. The summed E-state index contributed by atoms with van der Waals surface area (Å²) in [4.78, 5) is 28.2. The van der Waals surface area contributed by atoms with Gasteiger partial charge in [0.05, 0.1) is 23.8 Å². The Bertz CT molecular complexity index is 1600. The number of hydrogen-bond donors (Lipinski definition) is 0. The van der Waals surface area contributed by atoms with E-state index < -0.39 is 23.8 Å². The zero-order chi connectivity index (χ0) is 35.5. The van der Waals surface area contributed by atoms with Crippen LogP contribution in [0.4, 0.5) is 18.0 Å². The Morgan fingerprint density at radius 1 is 0.898 bits per heavy atom. The van der Waals surface area contributed by atoms with Crippen molar-refractivity contribution in [3.63, 3.8) is 0 Å². The largest absolute Gasteiger partial charge is 0.493 e. The SMILES string of the molecule is CCOc1cc(C(F)(F)F)ccc1C1=NC(c2ccc(Cl)cc2)C(c2ccc(Cl)cc2)N1C(=O)N1CCN(CCN(C(C)C)C(C)C)CC1. The fourth-order valence-corrected chi connectivity index (χ4v) is 6.95. The van der Waals surface area contributed by atoms with Crippen LogP contribution in [0.1, 0.15) is 69.0 Å². The van der Waals surface area contributed by atoms with Crippen molar-refractivity contribution in [2.75, 3.05) is 45.9 Å². The molecule has 49 heavy (non-hydrogen) atoms. The summed E-state index contributed by atoms with van der Waals surface area (Å²) in [6.07, 6.45) is -4.57. The highest BCUT2D eigenvalue weighted by atomic mass is 35.5. The third-order valence-corrected chi connectivity index (χ3v) is 9.69. The molecule has 2 amide bonds. The highest BCUT2D eigenvalue weighted by Crippen LogP contribution is 2.46. The Morgan fingerprint density at radius 3 is 2.00 bits per heavy atom. The molecule has 2 aliphatic rings. The molecule has 2 heterocycles. The first-order valence-corrected chi connectivity index (χ1v) is 17.5. The van der Waals surface area contributed by atoms with Crippen LogP contribution in [0.25, 0.3) is 0 Å². The van der Waals surface area contributed by atoms with E-state index in [1.807, 2.05) is 29.2 Å². The van der Waals surface area contributed by atoms with Gasteiger partial charge in [-0.05, 0) is 88.2 Å². The molecule has 3 aromatic rings. The van der Waals surface area contributed by atoms with E-state index in [0.29, 0.717) is 53.9 Å². The number of nitrogens with zero attached hydrogens (tertiary/aromatic N) is 5. The van der Waals surface area contributed by atoms with Crippen LogP contribution in [0, 0.1) is 0 Å². The molecule has 3 aromatic carbocycles. The van der Waals surface area contributed by atoms with Gasteiger partial charge < -0.3 is 9.64 Å². The summed E-state index contributed by atoms with van der Waals surface area (Å²) in [7, 11) is 0. The first kappa shape index (κ1) is 37.0. The van der Waals surface area contributed by atoms with E-state index >= 15 is 0 Å². The van der Waals surface area contributed by atoms with E-state index in [0.717, 1.165) is 36.3 Å². The van der Waals surface area contributed by atoms with Gasteiger partial charge in [0.25, 0.3) is 0 Å². The van der Waals surface area contributed by atoms with Gasteiger partial charge in [-0.1, -0.05) is 47.5 Å². The fourth-order valence-electron chi connectivity index (χ4n) is 6.70. The molecule has 0 radical (unpaired) electrons. The van der Waals surface area contributed by atoms with Crippen molar-refractivity contribution < 1.29 is 22.7 Å². The smallest absolute Gasteiger partial charge is 0.416 e.